The van der Waals surface area contributed by atoms with Crippen molar-refractivity contribution in [1.82, 2.24) is 25.1 Å². The van der Waals surface area contributed by atoms with Crippen LogP contribution in [-0.4, -0.2) is 115 Å². The van der Waals surface area contributed by atoms with E-state index in [-0.39, 0.29) is 32.7 Å². The lowest BCUT2D eigenvalue weighted by Crippen LogP contribution is -2.55. The van der Waals surface area contributed by atoms with Crippen molar-refractivity contribution in [3.05, 3.63) is 98.8 Å². The lowest BCUT2D eigenvalue weighted by molar-refractivity contribution is -0.149. The Kier molecular flexibility index (Phi) is 14.0. The van der Waals surface area contributed by atoms with E-state index in [1.807, 2.05) is 0 Å². The fraction of sp³-hybridized carbons (Fsp3) is 0.441. The number of ether oxygens (including phenoxy) is 3. The molecule has 0 saturated carbocycles. The molecule has 1 aromatic heterocycles. The molecule has 1 aliphatic rings. The molecule has 3 aromatic rings. The molecule has 0 bridgehead atoms. The molecule has 2 heterocycles. The summed E-state index contributed by atoms with van der Waals surface area (Å²) in [5.74, 6) is -1.68. The molecule has 0 aliphatic carbocycles. The van der Waals surface area contributed by atoms with Crippen molar-refractivity contribution in [1.29, 1.82) is 0 Å². The molecular formula is C34H43N5O13. The Morgan fingerprint density at radius 3 is 2.25 bits per heavy atom. The maximum absolute atomic E-state index is 13.3. The molecule has 0 radical (unpaired) electrons. The number of carbonyl (C=O) groups is 3. The summed E-state index contributed by atoms with van der Waals surface area (Å²) in [6, 6.07) is 13.4. The second kappa shape index (κ2) is 18.4. The summed E-state index contributed by atoms with van der Waals surface area (Å²) in [5, 5.41) is 59.8. The molecular weight excluding hydrogens is 686 g/mol. The number of rotatable bonds is 17. The average molecular weight is 730 g/mol. The Labute approximate surface area is 297 Å². The van der Waals surface area contributed by atoms with E-state index < -0.39 is 78.1 Å². The number of hydrogen-bond donors (Lipinski definition) is 8. The predicted molar refractivity (Wildman–Crippen MR) is 181 cm³/mol. The molecule has 52 heavy (non-hydrogen) atoms. The van der Waals surface area contributed by atoms with Crippen molar-refractivity contribution >= 4 is 18.0 Å². The van der Waals surface area contributed by atoms with Crippen molar-refractivity contribution < 1.29 is 54.1 Å². The number of carbonyl (C=O) groups excluding carboxylic acids is 2. The molecule has 282 valence electrons. The third kappa shape index (κ3) is 10.0. The topological polar surface area (TPSA) is 260 Å². The largest absolute Gasteiger partial charge is 0.497 e. The van der Waals surface area contributed by atoms with E-state index in [1.165, 1.54) is 14.0 Å². The molecule has 1 saturated heterocycles. The van der Waals surface area contributed by atoms with Gasteiger partial charge in [-0.3, -0.25) is 23.5 Å². The van der Waals surface area contributed by atoms with Crippen LogP contribution in [-0.2, 0) is 32.2 Å². The fourth-order valence-corrected chi connectivity index (χ4v) is 5.49. The van der Waals surface area contributed by atoms with Gasteiger partial charge in [0, 0.05) is 18.8 Å². The molecule has 18 nitrogen and oxygen atoms in total. The SMILES string of the molecule is COc1ccc(Cn2c(=O)ccn([C@@H]3O[C@H](C(O)[C@H](NCCCNC(=O)[C@@H](NC(=O)OCc4ccccc4)[C@H](C)O)C(=O)O)[C@@H](O)[C@H]3O)c2=O)cc1. The number of methoxy groups -OCH3 is 1. The fourth-order valence-electron chi connectivity index (χ4n) is 5.49. The molecule has 2 amide bonds. The number of carboxylic acids is 1. The van der Waals surface area contributed by atoms with Crippen LogP contribution in [0.4, 0.5) is 4.79 Å². The van der Waals surface area contributed by atoms with Gasteiger partial charge in [0.2, 0.25) is 5.91 Å². The van der Waals surface area contributed by atoms with Gasteiger partial charge in [-0.1, -0.05) is 42.5 Å². The first-order chi connectivity index (χ1) is 24.8. The summed E-state index contributed by atoms with van der Waals surface area (Å²) >= 11 is 0. The van der Waals surface area contributed by atoms with Crippen LogP contribution in [0.5, 0.6) is 5.75 Å². The van der Waals surface area contributed by atoms with E-state index in [2.05, 4.69) is 16.0 Å². The third-order valence-corrected chi connectivity index (χ3v) is 8.36. The van der Waals surface area contributed by atoms with Crippen LogP contribution in [0, 0.1) is 0 Å². The number of amides is 2. The Morgan fingerprint density at radius 1 is 0.923 bits per heavy atom. The number of aromatic nitrogens is 2. The summed E-state index contributed by atoms with van der Waals surface area (Å²) in [4.78, 5) is 62.9. The van der Waals surface area contributed by atoms with Gasteiger partial charge in [-0.2, -0.15) is 0 Å². The average Bonchev–Trinajstić information content (AvgIpc) is 3.42. The Bertz CT molecular complexity index is 1770. The summed E-state index contributed by atoms with van der Waals surface area (Å²) < 4.78 is 17.6. The standard InChI is InChI=1S/C34H43N5O13/c1-19(40)24(37-33(48)51-18-21-7-4-3-5-8-21)30(45)36-15-6-14-35-25(32(46)47)26(42)29-27(43)28(44)31(52-29)38-16-13-23(41)39(34(38)49)17-20-9-11-22(50-2)12-10-20/h3-5,7-13,16,19,24-29,31,35,40,42-44H,6,14-15,17-18H2,1-2H3,(H,36,45)(H,37,48)(H,46,47)/t19-,24-,25-,26?,27-,28+,29+,31+/m0/s1. The predicted octanol–water partition coefficient (Wildman–Crippen LogP) is -1.73. The minimum absolute atomic E-state index is 0.0310. The van der Waals surface area contributed by atoms with Gasteiger partial charge >= 0.3 is 17.8 Å². The summed E-state index contributed by atoms with van der Waals surface area (Å²) in [5.41, 5.74) is -0.223. The van der Waals surface area contributed by atoms with Crippen LogP contribution in [0.1, 0.15) is 30.7 Å². The molecule has 8 N–H and O–H groups in total. The van der Waals surface area contributed by atoms with Crippen molar-refractivity contribution in [2.24, 2.45) is 0 Å². The number of aliphatic carboxylic acids is 1. The number of nitrogens with one attached hydrogen (secondary N) is 3. The van der Waals surface area contributed by atoms with Crippen molar-refractivity contribution in [3.8, 4) is 5.75 Å². The molecule has 8 atom stereocenters. The quantitative estimate of drug-likeness (QED) is 0.0719. The van der Waals surface area contributed by atoms with E-state index in [4.69, 9.17) is 14.2 Å². The molecule has 18 heteroatoms. The van der Waals surface area contributed by atoms with Crippen molar-refractivity contribution in [2.75, 3.05) is 20.2 Å². The minimum Gasteiger partial charge on any atom is -0.497 e. The van der Waals surface area contributed by atoms with Crippen LogP contribution in [0.25, 0.3) is 0 Å². The van der Waals surface area contributed by atoms with E-state index in [0.29, 0.717) is 11.3 Å². The molecule has 4 rings (SSSR count). The van der Waals surface area contributed by atoms with Crippen molar-refractivity contribution in [2.45, 2.75) is 75.3 Å². The Balaban J connectivity index is 1.31. The van der Waals surface area contributed by atoms with Crippen LogP contribution in [0.2, 0.25) is 0 Å². The second-order valence-corrected chi connectivity index (χ2v) is 12.1. The number of carboxylic acid groups (broad SMARTS) is 1. The highest BCUT2D eigenvalue weighted by atomic mass is 16.6. The smallest absolute Gasteiger partial charge is 0.408 e. The van der Waals surface area contributed by atoms with Crippen LogP contribution < -0.4 is 31.9 Å². The molecule has 0 spiro atoms. The zero-order chi connectivity index (χ0) is 37.9. The van der Waals surface area contributed by atoms with E-state index in [0.717, 1.165) is 27.0 Å². The highest BCUT2D eigenvalue weighted by Gasteiger charge is 2.50. The van der Waals surface area contributed by atoms with Crippen molar-refractivity contribution in [3.63, 3.8) is 0 Å². The first-order valence-electron chi connectivity index (χ1n) is 16.4. The van der Waals surface area contributed by atoms with Gasteiger partial charge < -0.3 is 55.7 Å². The maximum atomic E-state index is 13.3. The van der Waals surface area contributed by atoms with Crippen LogP contribution in [0.3, 0.4) is 0 Å². The highest BCUT2D eigenvalue weighted by Crippen LogP contribution is 2.31. The molecule has 1 unspecified atom stereocenters. The van der Waals surface area contributed by atoms with E-state index in [9.17, 15) is 49.5 Å². The Hall–Kier alpha value is -5.11. The van der Waals surface area contributed by atoms with Gasteiger partial charge in [0.1, 0.15) is 48.9 Å². The first-order valence-corrected chi connectivity index (χ1v) is 16.4. The number of hydrogen-bond acceptors (Lipinski definition) is 13. The van der Waals surface area contributed by atoms with E-state index >= 15 is 0 Å². The normalized spacial score (nSPS) is 20.7. The first kappa shape index (κ1) is 39.7. The summed E-state index contributed by atoms with van der Waals surface area (Å²) in [6.07, 6.45) is -9.83. The maximum Gasteiger partial charge on any atom is 0.408 e. The molecule has 2 aromatic carbocycles. The van der Waals surface area contributed by atoms with Gasteiger partial charge in [0.25, 0.3) is 5.56 Å². The number of nitrogens with zero attached hydrogens (tertiary/aromatic N) is 2. The van der Waals surface area contributed by atoms with Crippen LogP contribution >= 0.6 is 0 Å². The minimum atomic E-state index is -1.94. The van der Waals surface area contributed by atoms with Gasteiger partial charge in [-0.15, -0.1) is 0 Å². The third-order valence-electron chi connectivity index (χ3n) is 8.36. The van der Waals surface area contributed by atoms with Gasteiger partial charge in [-0.25, -0.2) is 9.59 Å². The zero-order valence-electron chi connectivity index (χ0n) is 28.4. The lowest BCUT2D eigenvalue weighted by atomic mass is 9.99. The number of aliphatic hydroxyl groups is 4. The highest BCUT2D eigenvalue weighted by molar-refractivity contribution is 5.86. The Morgan fingerprint density at radius 2 is 1.62 bits per heavy atom. The second-order valence-electron chi connectivity index (χ2n) is 12.1. The van der Waals surface area contributed by atoms with Gasteiger partial charge in [0.15, 0.2) is 6.23 Å². The summed E-state index contributed by atoms with van der Waals surface area (Å²) in [6.45, 7) is 1.01. The summed E-state index contributed by atoms with van der Waals surface area (Å²) in [7, 11) is 1.49. The molecule has 1 fully saturated rings. The van der Waals surface area contributed by atoms with E-state index in [1.54, 1.807) is 54.6 Å². The number of aliphatic hydroxyl groups excluding tert-OH is 4. The lowest BCUT2D eigenvalue weighted by Gasteiger charge is -2.27. The van der Waals surface area contributed by atoms with Gasteiger partial charge in [0.05, 0.1) is 19.8 Å². The zero-order valence-corrected chi connectivity index (χ0v) is 28.4. The number of alkyl carbamates (subject to hydrolysis) is 1. The van der Waals surface area contributed by atoms with Gasteiger partial charge in [-0.05, 0) is 43.1 Å². The van der Waals surface area contributed by atoms with Crippen LogP contribution in [0.15, 0.2) is 76.4 Å². The number of benzene rings is 2. The monoisotopic (exact) mass is 729 g/mol. The molecule has 1 aliphatic heterocycles.